The minimum atomic E-state index is -0.379. The van der Waals surface area contributed by atoms with Crippen LogP contribution in [0.3, 0.4) is 0 Å². The highest BCUT2D eigenvalue weighted by Crippen LogP contribution is 2.57. The second kappa shape index (κ2) is 7.24. The molecule has 1 heterocycles. The number of benzene rings is 1. The molecule has 0 aromatic heterocycles. The summed E-state index contributed by atoms with van der Waals surface area (Å²) in [7, 11) is 0. The van der Waals surface area contributed by atoms with E-state index in [1.54, 1.807) is 11.8 Å². The van der Waals surface area contributed by atoms with Gasteiger partial charge in [0.2, 0.25) is 0 Å². The molecule has 29 heavy (non-hydrogen) atoms. The third-order valence-electron chi connectivity index (χ3n) is 7.69. The van der Waals surface area contributed by atoms with Crippen molar-refractivity contribution in [1.29, 1.82) is 0 Å². The van der Waals surface area contributed by atoms with E-state index in [0.717, 1.165) is 25.7 Å². The number of hydrogen-bond acceptors (Lipinski definition) is 4. The summed E-state index contributed by atoms with van der Waals surface area (Å²) in [4.78, 5) is 26.2. The lowest BCUT2D eigenvalue weighted by molar-refractivity contribution is -0.130. The minimum absolute atomic E-state index is 0.113. The molecule has 0 bridgehead atoms. The Morgan fingerprint density at radius 1 is 1.03 bits per heavy atom. The summed E-state index contributed by atoms with van der Waals surface area (Å²) in [5.74, 6) is 1.34. The van der Waals surface area contributed by atoms with E-state index in [0.29, 0.717) is 37.1 Å². The Hall–Kier alpha value is -1.65. The quantitative estimate of drug-likeness (QED) is 0.610. The lowest BCUT2D eigenvalue weighted by Gasteiger charge is -2.39. The average Bonchev–Trinajstić information content (AvgIpc) is 2.95. The first-order valence-corrected chi connectivity index (χ1v) is 12.0. The largest absolute Gasteiger partial charge is 0.368 e. The third kappa shape index (κ3) is 3.07. The van der Waals surface area contributed by atoms with E-state index >= 15 is 0 Å². The zero-order chi connectivity index (χ0) is 20.2. The van der Waals surface area contributed by atoms with Crippen molar-refractivity contribution in [3.63, 3.8) is 0 Å². The standard InChI is InChI=1S/C25H28O3S/c1-25-14-28-24(15-3-7-18(29-2)8-4-15)23-19-10-6-17(26)13-16(19)5-9-20(23)21(25)11-12-22(25)27/h3-4,7-8,13,20-21,24H,5-6,9-12,14H2,1-2H3/t20?,21?,24-,25?/m1/s1. The van der Waals surface area contributed by atoms with Gasteiger partial charge in [0, 0.05) is 17.7 Å². The molecule has 1 aromatic rings. The molecule has 1 aromatic carbocycles. The van der Waals surface area contributed by atoms with Crippen LogP contribution in [0.1, 0.15) is 57.1 Å². The highest BCUT2D eigenvalue weighted by Gasteiger charge is 2.54. The fourth-order valence-electron chi connectivity index (χ4n) is 6.11. The van der Waals surface area contributed by atoms with Crippen LogP contribution in [0, 0.1) is 17.3 Å². The number of thioether (sulfide) groups is 1. The number of rotatable bonds is 2. The molecule has 3 nitrogen and oxygen atoms in total. The van der Waals surface area contributed by atoms with Crippen LogP contribution in [0.2, 0.25) is 0 Å². The number of ether oxygens (including phenoxy) is 1. The Balaban J connectivity index is 1.66. The first-order chi connectivity index (χ1) is 14.0. The maximum Gasteiger partial charge on any atom is 0.156 e. The normalized spacial score (nSPS) is 34.3. The summed E-state index contributed by atoms with van der Waals surface area (Å²) < 4.78 is 6.60. The Kier molecular flexibility index (Phi) is 4.83. The van der Waals surface area contributed by atoms with E-state index in [2.05, 4.69) is 37.4 Å². The van der Waals surface area contributed by atoms with Gasteiger partial charge in [-0.1, -0.05) is 19.1 Å². The lowest BCUT2D eigenvalue weighted by Crippen LogP contribution is -2.36. The fraction of sp³-hybridized carbons (Fsp3) is 0.520. The number of Topliss-reactive ketones (excluding diaryl/α,β-unsaturated/α-hetero) is 1. The molecule has 0 spiro atoms. The maximum absolute atomic E-state index is 12.9. The van der Waals surface area contributed by atoms with Crippen molar-refractivity contribution in [3.8, 4) is 0 Å². The zero-order valence-electron chi connectivity index (χ0n) is 17.2. The summed E-state index contributed by atoms with van der Waals surface area (Å²) in [5.41, 5.74) is 4.73. The topological polar surface area (TPSA) is 43.4 Å². The molecule has 4 heteroatoms. The van der Waals surface area contributed by atoms with Gasteiger partial charge in [-0.25, -0.2) is 0 Å². The molecule has 152 valence electrons. The molecule has 0 amide bonds. The van der Waals surface area contributed by atoms with Crippen LogP contribution in [0.4, 0.5) is 0 Å². The molecule has 0 N–H and O–H groups in total. The molecule has 3 unspecified atom stereocenters. The van der Waals surface area contributed by atoms with Gasteiger partial charge in [-0.15, -0.1) is 11.8 Å². The molecule has 4 atom stereocenters. The smallest absolute Gasteiger partial charge is 0.156 e. The average molecular weight is 409 g/mol. The predicted octanol–water partition coefficient (Wildman–Crippen LogP) is 5.46. The van der Waals surface area contributed by atoms with Crippen molar-refractivity contribution < 1.29 is 14.3 Å². The number of fused-ring (bicyclic) bond motifs is 4. The van der Waals surface area contributed by atoms with Gasteiger partial charge in [-0.05, 0) is 84.3 Å². The highest BCUT2D eigenvalue weighted by molar-refractivity contribution is 7.98. The number of allylic oxidation sites excluding steroid dienone is 3. The van der Waals surface area contributed by atoms with Crippen molar-refractivity contribution in [2.45, 2.75) is 56.4 Å². The minimum Gasteiger partial charge on any atom is -0.368 e. The van der Waals surface area contributed by atoms with Crippen LogP contribution in [0.25, 0.3) is 0 Å². The molecule has 1 saturated carbocycles. The molecule has 3 aliphatic carbocycles. The van der Waals surface area contributed by atoms with E-state index < -0.39 is 0 Å². The molecule has 4 aliphatic rings. The van der Waals surface area contributed by atoms with E-state index in [1.165, 1.54) is 27.2 Å². The summed E-state index contributed by atoms with van der Waals surface area (Å²) in [6.45, 7) is 2.63. The Morgan fingerprint density at radius 3 is 2.59 bits per heavy atom. The fourth-order valence-corrected chi connectivity index (χ4v) is 6.52. The lowest BCUT2D eigenvalue weighted by atomic mass is 9.64. The monoisotopic (exact) mass is 408 g/mol. The number of ketones is 2. The summed E-state index contributed by atoms with van der Waals surface area (Å²) in [5, 5.41) is 0. The first kappa shape index (κ1) is 19.3. The second-order valence-corrected chi connectivity index (χ2v) is 10.0. The number of carbonyl (C=O) groups excluding carboxylic acids is 2. The van der Waals surface area contributed by atoms with Crippen molar-refractivity contribution in [2.75, 3.05) is 12.9 Å². The van der Waals surface area contributed by atoms with Gasteiger partial charge in [0.15, 0.2) is 5.78 Å². The Bertz CT molecular complexity index is 926. The highest BCUT2D eigenvalue weighted by atomic mass is 32.2. The van der Waals surface area contributed by atoms with Crippen LogP contribution < -0.4 is 0 Å². The van der Waals surface area contributed by atoms with Crippen LogP contribution in [0.5, 0.6) is 0 Å². The van der Waals surface area contributed by atoms with Gasteiger partial charge in [-0.3, -0.25) is 9.59 Å². The van der Waals surface area contributed by atoms with Crippen LogP contribution >= 0.6 is 11.8 Å². The van der Waals surface area contributed by atoms with Gasteiger partial charge >= 0.3 is 0 Å². The Labute approximate surface area is 177 Å². The molecule has 0 radical (unpaired) electrons. The van der Waals surface area contributed by atoms with Crippen LogP contribution in [-0.4, -0.2) is 24.4 Å². The van der Waals surface area contributed by atoms with Gasteiger partial charge < -0.3 is 4.74 Å². The van der Waals surface area contributed by atoms with Crippen LogP contribution in [-0.2, 0) is 14.3 Å². The molecule has 1 saturated heterocycles. The summed E-state index contributed by atoms with van der Waals surface area (Å²) in [6, 6.07) is 8.68. The van der Waals surface area contributed by atoms with Crippen molar-refractivity contribution in [2.24, 2.45) is 17.3 Å². The van der Waals surface area contributed by atoms with E-state index in [1.807, 2.05) is 6.08 Å². The third-order valence-corrected chi connectivity index (χ3v) is 8.43. The molecule has 1 aliphatic heterocycles. The van der Waals surface area contributed by atoms with Crippen molar-refractivity contribution in [1.82, 2.24) is 0 Å². The van der Waals surface area contributed by atoms with Crippen molar-refractivity contribution >= 4 is 23.3 Å². The first-order valence-electron chi connectivity index (χ1n) is 10.8. The number of carbonyl (C=O) groups is 2. The summed E-state index contributed by atoms with van der Waals surface area (Å²) >= 11 is 1.74. The molecular formula is C25H28O3S. The molecular weight excluding hydrogens is 380 g/mol. The van der Waals surface area contributed by atoms with E-state index in [-0.39, 0.29) is 17.3 Å². The zero-order valence-corrected chi connectivity index (χ0v) is 18.0. The molecule has 5 rings (SSSR count). The van der Waals surface area contributed by atoms with E-state index in [9.17, 15) is 9.59 Å². The van der Waals surface area contributed by atoms with Gasteiger partial charge in [0.05, 0.1) is 12.0 Å². The SMILES string of the molecule is CSc1ccc([C@H]2OCC3(C)C(=O)CCC3C3CCC4=CC(=O)CCC4=C32)cc1. The van der Waals surface area contributed by atoms with Gasteiger partial charge in [0.25, 0.3) is 0 Å². The van der Waals surface area contributed by atoms with Crippen molar-refractivity contribution in [3.05, 3.63) is 52.6 Å². The van der Waals surface area contributed by atoms with Gasteiger partial charge in [-0.2, -0.15) is 0 Å². The molecule has 2 fully saturated rings. The summed E-state index contributed by atoms with van der Waals surface area (Å²) in [6.07, 6.45) is 8.88. The van der Waals surface area contributed by atoms with Crippen LogP contribution in [0.15, 0.2) is 52.0 Å². The van der Waals surface area contributed by atoms with Gasteiger partial charge in [0.1, 0.15) is 11.9 Å². The maximum atomic E-state index is 12.9. The Morgan fingerprint density at radius 2 is 1.83 bits per heavy atom. The second-order valence-electron chi connectivity index (χ2n) is 9.16. The predicted molar refractivity (Wildman–Crippen MR) is 115 cm³/mol. The number of hydrogen-bond donors (Lipinski definition) is 0. The van der Waals surface area contributed by atoms with E-state index in [4.69, 9.17) is 4.74 Å².